The van der Waals surface area contributed by atoms with E-state index in [9.17, 15) is 0 Å². The molecule has 0 bridgehead atoms. The smallest absolute Gasteiger partial charge is 0.191 e. The predicted molar refractivity (Wildman–Crippen MR) is 101 cm³/mol. The second-order valence-corrected chi connectivity index (χ2v) is 5.12. The van der Waals surface area contributed by atoms with Crippen molar-refractivity contribution in [2.45, 2.75) is 19.8 Å². The monoisotopic (exact) mass is 419 g/mol. The summed E-state index contributed by atoms with van der Waals surface area (Å²) in [6.07, 6.45) is 2.64. The van der Waals surface area contributed by atoms with E-state index >= 15 is 0 Å². The van der Waals surface area contributed by atoms with E-state index in [1.54, 1.807) is 7.11 Å². The Bertz CT molecular complexity index is 464. The number of ether oxygens (including phenoxy) is 2. The standard InChI is InChI=1S/C16H25N3O2.HI/c1-3-17-16(19-12-13-7-8-13)18-9-10-21-15-6-4-5-14(11-15)20-2;/h4-6,11,13H,3,7-10,12H2,1-2H3,(H2,17,18,19);1H. The minimum absolute atomic E-state index is 0. The number of guanidine groups is 1. The second-order valence-electron chi connectivity index (χ2n) is 5.12. The molecule has 0 aromatic heterocycles. The lowest BCUT2D eigenvalue weighted by molar-refractivity contribution is 0.319. The van der Waals surface area contributed by atoms with Crippen LogP contribution in [0, 0.1) is 5.92 Å². The van der Waals surface area contributed by atoms with E-state index in [4.69, 9.17) is 9.47 Å². The van der Waals surface area contributed by atoms with Gasteiger partial charge in [-0.05, 0) is 37.8 Å². The van der Waals surface area contributed by atoms with Gasteiger partial charge in [-0.2, -0.15) is 0 Å². The molecule has 0 aliphatic heterocycles. The summed E-state index contributed by atoms with van der Waals surface area (Å²) in [5.41, 5.74) is 0. The number of halogens is 1. The third-order valence-corrected chi connectivity index (χ3v) is 3.25. The van der Waals surface area contributed by atoms with Crippen molar-refractivity contribution < 1.29 is 9.47 Å². The Labute approximate surface area is 149 Å². The Hall–Kier alpha value is -1.18. The third-order valence-electron chi connectivity index (χ3n) is 3.25. The van der Waals surface area contributed by atoms with E-state index in [2.05, 4.69) is 22.5 Å². The number of benzene rings is 1. The first-order valence-corrected chi connectivity index (χ1v) is 7.61. The summed E-state index contributed by atoms with van der Waals surface area (Å²) in [7, 11) is 1.65. The number of hydrogen-bond donors (Lipinski definition) is 2. The van der Waals surface area contributed by atoms with Gasteiger partial charge in [0.15, 0.2) is 5.96 Å². The third kappa shape index (κ3) is 7.20. The van der Waals surface area contributed by atoms with E-state index in [1.165, 1.54) is 12.8 Å². The van der Waals surface area contributed by atoms with Gasteiger partial charge in [-0.15, -0.1) is 24.0 Å². The Morgan fingerprint density at radius 1 is 1.27 bits per heavy atom. The molecule has 0 atom stereocenters. The zero-order chi connectivity index (χ0) is 14.9. The summed E-state index contributed by atoms with van der Waals surface area (Å²) in [4.78, 5) is 4.57. The Balaban J connectivity index is 0.00000242. The minimum atomic E-state index is 0. The highest BCUT2D eigenvalue weighted by Gasteiger charge is 2.20. The maximum Gasteiger partial charge on any atom is 0.191 e. The number of methoxy groups -OCH3 is 1. The van der Waals surface area contributed by atoms with Gasteiger partial charge in [0.25, 0.3) is 0 Å². The average molecular weight is 419 g/mol. The van der Waals surface area contributed by atoms with Crippen LogP contribution in [0.25, 0.3) is 0 Å². The normalized spacial score (nSPS) is 14.0. The first-order valence-electron chi connectivity index (χ1n) is 7.61. The van der Waals surface area contributed by atoms with Crippen LogP contribution in [-0.2, 0) is 0 Å². The molecule has 1 aromatic rings. The highest BCUT2D eigenvalue weighted by Crippen LogP contribution is 2.28. The van der Waals surface area contributed by atoms with Gasteiger partial charge in [0, 0.05) is 19.2 Å². The van der Waals surface area contributed by atoms with Crippen molar-refractivity contribution in [1.82, 2.24) is 10.6 Å². The zero-order valence-corrected chi connectivity index (χ0v) is 15.6. The van der Waals surface area contributed by atoms with E-state index in [1.807, 2.05) is 24.3 Å². The van der Waals surface area contributed by atoms with Crippen molar-refractivity contribution in [3.63, 3.8) is 0 Å². The minimum Gasteiger partial charge on any atom is -0.497 e. The van der Waals surface area contributed by atoms with Crippen molar-refractivity contribution >= 4 is 29.9 Å². The summed E-state index contributed by atoms with van der Waals surface area (Å²) in [5.74, 6) is 3.29. The fraction of sp³-hybridized carbons (Fsp3) is 0.562. The van der Waals surface area contributed by atoms with E-state index in [-0.39, 0.29) is 24.0 Å². The van der Waals surface area contributed by atoms with Crippen molar-refractivity contribution in [3.05, 3.63) is 24.3 Å². The molecular weight excluding hydrogens is 393 g/mol. The number of aliphatic imine (C=N–C) groups is 1. The van der Waals surface area contributed by atoms with Gasteiger partial charge in [-0.1, -0.05) is 6.07 Å². The van der Waals surface area contributed by atoms with Crippen LogP contribution < -0.4 is 20.1 Å². The molecular formula is C16H26IN3O2. The van der Waals surface area contributed by atoms with Gasteiger partial charge >= 0.3 is 0 Å². The molecule has 2 rings (SSSR count). The quantitative estimate of drug-likeness (QED) is 0.295. The van der Waals surface area contributed by atoms with Crippen LogP contribution in [0.4, 0.5) is 0 Å². The molecule has 0 unspecified atom stereocenters. The van der Waals surface area contributed by atoms with Crippen LogP contribution in [0.5, 0.6) is 11.5 Å². The van der Waals surface area contributed by atoms with E-state index in [0.29, 0.717) is 13.2 Å². The van der Waals surface area contributed by atoms with Gasteiger partial charge in [0.1, 0.15) is 18.1 Å². The topological polar surface area (TPSA) is 54.9 Å². The van der Waals surface area contributed by atoms with Gasteiger partial charge in [0.2, 0.25) is 0 Å². The molecule has 0 saturated heterocycles. The van der Waals surface area contributed by atoms with Crippen molar-refractivity contribution in [2.24, 2.45) is 10.9 Å². The summed E-state index contributed by atoms with van der Waals surface area (Å²) in [6.45, 7) is 5.16. The highest BCUT2D eigenvalue weighted by molar-refractivity contribution is 14.0. The van der Waals surface area contributed by atoms with Crippen LogP contribution in [0.15, 0.2) is 29.3 Å². The molecule has 0 radical (unpaired) electrons. The second kappa shape index (κ2) is 10.5. The molecule has 0 spiro atoms. The zero-order valence-electron chi connectivity index (χ0n) is 13.3. The Morgan fingerprint density at radius 3 is 2.73 bits per heavy atom. The molecule has 1 aliphatic rings. The van der Waals surface area contributed by atoms with Crippen LogP contribution in [0.3, 0.4) is 0 Å². The first-order chi connectivity index (χ1) is 10.3. The summed E-state index contributed by atoms with van der Waals surface area (Å²) in [5, 5.41) is 6.53. The number of nitrogens with one attached hydrogen (secondary N) is 2. The van der Waals surface area contributed by atoms with Crippen molar-refractivity contribution in [3.8, 4) is 11.5 Å². The number of rotatable bonds is 8. The lowest BCUT2D eigenvalue weighted by Crippen LogP contribution is -2.39. The van der Waals surface area contributed by atoms with Gasteiger partial charge in [-0.25, -0.2) is 0 Å². The van der Waals surface area contributed by atoms with Gasteiger partial charge in [0.05, 0.1) is 13.7 Å². The van der Waals surface area contributed by atoms with E-state index < -0.39 is 0 Å². The average Bonchev–Trinajstić information content (AvgIpc) is 3.33. The fourth-order valence-corrected chi connectivity index (χ4v) is 1.89. The molecule has 2 N–H and O–H groups in total. The molecule has 5 nitrogen and oxygen atoms in total. The summed E-state index contributed by atoms with van der Waals surface area (Å²) in [6, 6.07) is 7.63. The predicted octanol–water partition coefficient (Wildman–Crippen LogP) is 2.66. The lowest BCUT2D eigenvalue weighted by atomic mass is 10.3. The van der Waals surface area contributed by atoms with Crippen LogP contribution in [0.2, 0.25) is 0 Å². The molecule has 124 valence electrons. The summed E-state index contributed by atoms with van der Waals surface area (Å²) >= 11 is 0. The molecule has 0 amide bonds. The SMILES string of the molecule is CCNC(=NCC1CC1)NCCOc1cccc(OC)c1.I. The number of nitrogens with zero attached hydrogens (tertiary/aromatic N) is 1. The molecule has 1 fully saturated rings. The molecule has 6 heteroatoms. The summed E-state index contributed by atoms with van der Waals surface area (Å²) < 4.78 is 10.9. The maximum atomic E-state index is 5.69. The molecule has 1 aliphatic carbocycles. The fourth-order valence-electron chi connectivity index (χ4n) is 1.89. The van der Waals surface area contributed by atoms with Gasteiger partial charge in [-0.3, -0.25) is 4.99 Å². The molecule has 22 heavy (non-hydrogen) atoms. The van der Waals surface area contributed by atoms with E-state index in [0.717, 1.165) is 36.5 Å². The van der Waals surface area contributed by atoms with Crippen molar-refractivity contribution in [2.75, 3.05) is 33.4 Å². The van der Waals surface area contributed by atoms with Gasteiger partial charge < -0.3 is 20.1 Å². The molecule has 1 aromatic carbocycles. The maximum absolute atomic E-state index is 5.69. The highest BCUT2D eigenvalue weighted by atomic mass is 127. The number of hydrogen-bond acceptors (Lipinski definition) is 3. The Kier molecular flexibility index (Phi) is 9.03. The Morgan fingerprint density at radius 2 is 2.05 bits per heavy atom. The molecule has 0 heterocycles. The van der Waals surface area contributed by atoms with Crippen molar-refractivity contribution in [1.29, 1.82) is 0 Å². The molecule has 1 saturated carbocycles. The van der Waals surface area contributed by atoms with Crippen LogP contribution in [-0.4, -0.2) is 39.3 Å². The largest absolute Gasteiger partial charge is 0.497 e. The first kappa shape index (κ1) is 18.9. The lowest BCUT2D eigenvalue weighted by Gasteiger charge is -2.12. The van der Waals surface area contributed by atoms with Crippen LogP contribution in [0.1, 0.15) is 19.8 Å². The van der Waals surface area contributed by atoms with Crippen LogP contribution >= 0.6 is 24.0 Å².